The summed E-state index contributed by atoms with van der Waals surface area (Å²) in [6.07, 6.45) is 2.45. The third kappa shape index (κ3) is 2.50. The Hall–Kier alpha value is -1.74. The summed E-state index contributed by atoms with van der Waals surface area (Å²) in [6.45, 7) is 3.70. The number of halogens is 1. The molecule has 0 saturated carbocycles. The van der Waals surface area contributed by atoms with E-state index >= 15 is 0 Å². The number of nitrogens with zero attached hydrogens (tertiary/aromatic N) is 1. The quantitative estimate of drug-likeness (QED) is 0.862. The van der Waals surface area contributed by atoms with Crippen molar-refractivity contribution in [2.75, 3.05) is 0 Å². The van der Waals surface area contributed by atoms with Crippen LogP contribution in [-0.2, 0) is 0 Å². The Morgan fingerprint density at radius 3 is 2.65 bits per heavy atom. The summed E-state index contributed by atoms with van der Waals surface area (Å²) >= 11 is 0. The van der Waals surface area contributed by atoms with Crippen molar-refractivity contribution in [1.82, 2.24) is 4.98 Å². The molecule has 3 heteroatoms. The molecule has 2 nitrogen and oxygen atoms in total. The highest BCUT2D eigenvalue weighted by Crippen LogP contribution is 2.25. The van der Waals surface area contributed by atoms with Crippen LogP contribution >= 0.6 is 0 Å². The summed E-state index contributed by atoms with van der Waals surface area (Å²) in [6, 6.07) is 6.39. The van der Waals surface area contributed by atoms with E-state index in [0.29, 0.717) is 11.1 Å². The molecule has 0 saturated heterocycles. The molecular formula is C14H14FNO. The van der Waals surface area contributed by atoms with E-state index in [1.807, 2.05) is 13.0 Å². The molecular weight excluding hydrogens is 217 g/mol. The zero-order valence-corrected chi connectivity index (χ0v) is 9.81. The van der Waals surface area contributed by atoms with Crippen LogP contribution in [0.5, 0.6) is 0 Å². The van der Waals surface area contributed by atoms with Crippen molar-refractivity contribution >= 4 is 0 Å². The lowest BCUT2D eigenvalue weighted by molar-refractivity contribution is 0.218. The molecule has 0 bridgehead atoms. The molecule has 0 spiro atoms. The minimum atomic E-state index is -0.835. The van der Waals surface area contributed by atoms with Crippen molar-refractivity contribution in [3.05, 3.63) is 64.7 Å². The van der Waals surface area contributed by atoms with Gasteiger partial charge < -0.3 is 5.11 Å². The van der Waals surface area contributed by atoms with Crippen LogP contribution in [0.4, 0.5) is 4.39 Å². The van der Waals surface area contributed by atoms with E-state index in [4.69, 9.17) is 0 Å². The maximum atomic E-state index is 13.3. The average molecular weight is 231 g/mol. The van der Waals surface area contributed by atoms with E-state index in [9.17, 15) is 9.50 Å². The van der Waals surface area contributed by atoms with E-state index in [2.05, 4.69) is 4.98 Å². The summed E-state index contributed by atoms with van der Waals surface area (Å²) in [5, 5.41) is 10.2. The molecule has 1 N–H and O–H groups in total. The van der Waals surface area contributed by atoms with Gasteiger partial charge in [-0.1, -0.05) is 6.07 Å². The number of aliphatic hydroxyl groups excluding tert-OH is 1. The summed E-state index contributed by atoms with van der Waals surface area (Å²) < 4.78 is 13.3. The van der Waals surface area contributed by atoms with Gasteiger partial charge in [0.15, 0.2) is 0 Å². The van der Waals surface area contributed by atoms with Crippen molar-refractivity contribution in [2.45, 2.75) is 20.0 Å². The predicted octanol–water partition coefficient (Wildman–Crippen LogP) is 2.92. The predicted molar refractivity (Wildman–Crippen MR) is 64.2 cm³/mol. The number of aromatic nitrogens is 1. The van der Waals surface area contributed by atoms with Crippen LogP contribution in [0, 0.1) is 19.7 Å². The normalized spacial score (nSPS) is 12.5. The van der Waals surface area contributed by atoms with E-state index in [1.165, 1.54) is 12.1 Å². The van der Waals surface area contributed by atoms with E-state index in [1.54, 1.807) is 25.4 Å². The van der Waals surface area contributed by atoms with Gasteiger partial charge in [-0.3, -0.25) is 4.98 Å². The van der Waals surface area contributed by atoms with Crippen molar-refractivity contribution in [3.63, 3.8) is 0 Å². The molecule has 1 unspecified atom stereocenters. The van der Waals surface area contributed by atoms with Crippen LogP contribution in [-0.4, -0.2) is 10.1 Å². The van der Waals surface area contributed by atoms with Crippen molar-refractivity contribution in [1.29, 1.82) is 0 Å². The molecule has 2 rings (SSSR count). The molecule has 0 aliphatic carbocycles. The highest BCUT2D eigenvalue weighted by Gasteiger charge is 2.14. The van der Waals surface area contributed by atoms with Crippen LogP contribution in [0.3, 0.4) is 0 Å². The average Bonchev–Trinajstić information content (AvgIpc) is 2.27. The minimum Gasteiger partial charge on any atom is -0.384 e. The van der Waals surface area contributed by atoms with Crippen LogP contribution in [0.15, 0.2) is 36.7 Å². The zero-order valence-electron chi connectivity index (χ0n) is 9.81. The van der Waals surface area contributed by atoms with E-state index < -0.39 is 6.10 Å². The highest BCUT2D eigenvalue weighted by molar-refractivity contribution is 5.35. The fourth-order valence-electron chi connectivity index (χ4n) is 1.86. The first-order valence-corrected chi connectivity index (χ1v) is 5.43. The lowest BCUT2D eigenvalue weighted by Crippen LogP contribution is -2.03. The number of benzene rings is 1. The standard InChI is InChI=1S/C14H14FNO/c1-9-5-11(7-12(15)6-9)14(17)13-8-16-4-3-10(13)2/h3-8,14,17H,1-2H3. The molecule has 1 atom stereocenters. The van der Waals surface area contributed by atoms with Crippen molar-refractivity contribution in [3.8, 4) is 0 Å². The summed E-state index contributed by atoms with van der Waals surface area (Å²) in [4.78, 5) is 3.98. The Morgan fingerprint density at radius 2 is 2.00 bits per heavy atom. The fraction of sp³-hybridized carbons (Fsp3) is 0.214. The number of aliphatic hydroxyl groups is 1. The first-order valence-electron chi connectivity index (χ1n) is 5.43. The molecule has 1 aromatic carbocycles. The first-order chi connectivity index (χ1) is 8.08. The largest absolute Gasteiger partial charge is 0.384 e. The van der Waals surface area contributed by atoms with Gasteiger partial charge in [0, 0.05) is 18.0 Å². The molecule has 2 aromatic rings. The smallest absolute Gasteiger partial charge is 0.123 e. The summed E-state index contributed by atoms with van der Waals surface area (Å²) in [5.74, 6) is -0.333. The molecule has 0 fully saturated rings. The Bertz CT molecular complexity index is 519. The topological polar surface area (TPSA) is 33.1 Å². The van der Waals surface area contributed by atoms with Gasteiger partial charge in [0.2, 0.25) is 0 Å². The molecule has 0 amide bonds. The lowest BCUT2D eigenvalue weighted by atomic mass is 9.98. The molecule has 1 aromatic heterocycles. The van der Waals surface area contributed by atoms with Gasteiger partial charge in [-0.05, 0) is 48.7 Å². The van der Waals surface area contributed by atoms with Gasteiger partial charge in [-0.2, -0.15) is 0 Å². The molecule has 1 heterocycles. The highest BCUT2D eigenvalue weighted by atomic mass is 19.1. The van der Waals surface area contributed by atoms with Crippen LogP contribution in [0.2, 0.25) is 0 Å². The Kier molecular flexibility index (Phi) is 3.20. The van der Waals surface area contributed by atoms with E-state index in [0.717, 1.165) is 11.1 Å². The fourth-order valence-corrected chi connectivity index (χ4v) is 1.86. The lowest BCUT2D eigenvalue weighted by Gasteiger charge is -2.14. The molecule has 0 aliphatic heterocycles. The van der Waals surface area contributed by atoms with Crippen molar-refractivity contribution < 1.29 is 9.50 Å². The Labute approximate surface area is 99.8 Å². The van der Waals surface area contributed by atoms with Gasteiger partial charge in [0.05, 0.1) is 0 Å². The Balaban J connectivity index is 2.43. The summed E-state index contributed by atoms with van der Waals surface area (Å²) in [7, 11) is 0. The zero-order chi connectivity index (χ0) is 12.4. The Morgan fingerprint density at radius 1 is 1.24 bits per heavy atom. The number of pyridine rings is 1. The third-order valence-electron chi connectivity index (χ3n) is 2.75. The number of aryl methyl sites for hydroxylation is 2. The number of hydrogen-bond acceptors (Lipinski definition) is 2. The van der Waals surface area contributed by atoms with E-state index in [-0.39, 0.29) is 5.82 Å². The second-order valence-corrected chi connectivity index (χ2v) is 4.20. The summed E-state index contributed by atoms with van der Waals surface area (Å²) in [5.41, 5.74) is 2.99. The molecule has 0 aliphatic rings. The number of hydrogen-bond donors (Lipinski definition) is 1. The van der Waals surface area contributed by atoms with Crippen LogP contribution in [0.1, 0.15) is 28.4 Å². The monoisotopic (exact) mass is 231 g/mol. The second kappa shape index (κ2) is 4.63. The van der Waals surface area contributed by atoms with Gasteiger partial charge >= 0.3 is 0 Å². The SMILES string of the molecule is Cc1cc(F)cc(C(O)c2cnccc2C)c1. The van der Waals surface area contributed by atoms with Gasteiger partial charge in [-0.25, -0.2) is 4.39 Å². The minimum absolute atomic E-state index is 0.333. The van der Waals surface area contributed by atoms with Gasteiger partial charge in [0.25, 0.3) is 0 Å². The van der Waals surface area contributed by atoms with Crippen molar-refractivity contribution in [2.24, 2.45) is 0 Å². The molecule has 0 radical (unpaired) electrons. The maximum Gasteiger partial charge on any atom is 0.123 e. The second-order valence-electron chi connectivity index (χ2n) is 4.20. The molecule has 17 heavy (non-hydrogen) atoms. The van der Waals surface area contributed by atoms with Gasteiger partial charge in [-0.15, -0.1) is 0 Å². The van der Waals surface area contributed by atoms with Crippen LogP contribution < -0.4 is 0 Å². The maximum absolute atomic E-state index is 13.3. The number of rotatable bonds is 2. The van der Waals surface area contributed by atoms with Gasteiger partial charge in [0.1, 0.15) is 11.9 Å². The first kappa shape index (κ1) is 11.7. The van der Waals surface area contributed by atoms with Crippen LogP contribution in [0.25, 0.3) is 0 Å². The molecule has 88 valence electrons. The third-order valence-corrected chi connectivity index (χ3v) is 2.75.